The summed E-state index contributed by atoms with van der Waals surface area (Å²) in [5.74, 6) is 0.800. The van der Waals surface area contributed by atoms with Crippen molar-refractivity contribution in [2.75, 3.05) is 6.61 Å². The summed E-state index contributed by atoms with van der Waals surface area (Å²) in [5.41, 5.74) is 5.66. The molecule has 0 radical (unpaired) electrons. The van der Waals surface area contributed by atoms with Crippen LogP contribution in [0.5, 0.6) is 0 Å². The van der Waals surface area contributed by atoms with Crippen molar-refractivity contribution in [2.24, 2.45) is 11.7 Å². The molecule has 0 bridgehead atoms. The molecule has 0 saturated heterocycles. The molecule has 0 spiro atoms. The third-order valence-corrected chi connectivity index (χ3v) is 4.41. The Balaban J connectivity index is 2.26. The van der Waals surface area contributed by atoms with Crippen molar-refractivity contribution in [1.82, 2.24) is 0 Å². The quantitative estimate of drug-likeness (QED) is 0.657. The van der Waals surface area contributed by atoms with Crippen LogP contribution in [0.1, 0.15) is 12.8 Å². The summed E-state index contributed by atoms with van der Waals surface area (Å²) in [6.07, 6.45) is 2.07. The van der Waals surface area contributed by atoms with E-state index in [1.165, 1.54) is 6.04 Å². The van der Waals surface area contributed by atoms with Gasteiger partial charge in [-0.25, -0.2) is 0 Å². The van der Waals surface area contributed by atoms with Gasteiger partial charge in [-0.3, -0.25) is 0 Å². The van der Waals surface area contributed by atoms with Crippen molar-refractivity contribution >= 4 is 8.07 Å². The molecular formula is C9H21NOSi. The first kappa shape index (κ1) is 10.2. The van der Waals surface area contributed by atoms with Gasteiger partial charge in [0.2, 0.25) is 0 Å². The van der Waals surface area contributed by atoms with Crippen molar-refractivity contribution in [3.05, 3.63) is 0 Å². The van der Waals surface area contributed by atoms with Gasteiger partial charge in [0.05, 0.1) is 6.61 Å². The van der Waals surface area contributed by atoms with Crippen molar-refractivity contribution < 1.29 is 5.11 Å². The smallest absolute Gasteiger partial charge is 0.0611 e. The summed E-state index contributed by atoms with van der Waals surface area (Å²) in [7, 11) is -0.902. The first-order chi connectivity index (χ1) is 5.35. The zero-order chi connectivity index (χ0) is 9.41. The molecule has 72 valence electrons. The van der Waals surface area contributed by atoms with E-state index in [9.17, 15) is 0 Å². The Hall–Kier alpha value is 0.137. The maximum Gasteiger partial charge on any atom is 0.0611 e. The second-order valence-corrected chi connectivity index (χ2v) is 11.1. The number of rotatable bonds is 3. The highest BCUT2D eigenvalue weighted by Crippen LogP contribution is 2.40. The fourth-order valence-corrected chi connectivity index (χ4v) is 4.25. The van der Waals surface area contributed by atoms with Gasteiger partial charge in [0.15, 0.2) is 0 Å². The third-order valence-electron chi connectivity index (χ3n) is 2.61. The third kappa shape index (κ3) is 2.57. The minimum atomic E-state index is -0.902. The van der Waals surface area contributed by atoms with Gasteiger partial charge in [-0.05, 0) is 18.8 Å². The molecule has 3 heteroatoms. The second kappa shape index (κ2) is 3.12. The van der Waals surface area contributed by atoms with E-state index in [2.05, 4.69) is 19.6 Å². The number of hydrogen-bond donors (Lipinski definition) is 2. The van der Waals surface area contributed by atoms with Crippen LogP contribution >= 0.6 is 0 Å². The average molecular weight is 187 g/mol. The van der Waals surface area contributed by atoms with Crippen LogP contribution in [0.3, 0.4) is 0 Å². The maximum atomic E-state index is 8.95. The topological polar surface area (TPSA) is 46.2 Å². The molecule has 0 aromatic rings. The zero-order valence-corrected chi connectivity index (χ0v) is 9.43. The molecule has 0 unspecified atom stereocenters. The van der Waals surface area contributed by atoms with Crippen molar-refractivity contribution in [3.8, 4) is 0 Å². The zero-order valence-electron chi connectivity index (χ0n) is 8.43. The summed E-state index contributed by atoms with van der Waals surface area (Å²) in [5, 5.41) is 8.95. The Labute approximate surface area is 76.2 Å². The van der Waals surface area contributed by atoms with E-state index in [-0.39, 0.29) is 12.1 Å². The Morgan fingerprint density at radius 3 is 2.25 bits per heavy atom. The van der Waals surface area contributed by atoms with Gasteiger partial charge < -0.3 is 10.8 Å². The SMILES string of the molecule is C[Si](C)(C)CC1CC(N)(CO)C1. The van der Waals surface area contributed by atoms with Crippen LogP contribution in [-0.4, -0.2) is 25.3 Å². The van der Waals surface area contributed by atoms with Gasteiger partial charge in [-0.15, -0.1) is 0 Å². The number of aliphatic hydroxyl groups excluding tert-OH is 1. The molecule has 0 aromatic carbocycles. The molecule has 1 aliphatic carbocycles. The van der Waals surface area contributed by atoms with E-state index in [0.717, 1.165) is 18.8 Å². The number of nitrogens with two attached hydrogens (primary N) is 1. The van der Waals surface area contributed by atoms with Crippen LogP contribution in [0, 0.1) is 5.92 Å². The highest BCUT2D eigenvalue weighted by molar-refractivity contribution is 6.76. The van der Waals surface area contributed by atoms with Crippen LogP contribution in [0.15, 0.2) is 0 Å². The standard InChI is InChI=1S/C9H21NOSi/c1-12(2,3)6-8-4-9(10,5-8)7-11/h8,11H,4-7,10H2,1-3H3. The molecule has 0 aromatic heterocycles. The molecule has 0 atom stereocenters. The molecule has 1 rings (SSSR count). The lowest BCUT2D eigenvalue weighted by Gasteiger charge is -2.45. The Bertz CT molecular complexity index is 158. The Morgan fingerprint density at radius 2 is 1.92 bits per heavy atom. The monoisotopic (exact) mass is 187 g/mol. The minimum absolute atomic E-state index is 0.162. The summed E-state index contributed by atoms with van der Waals surface area (Å²) in [4.78, 5) is 0. The second-order valence-electron chi connectivity index (χ2n) is 5.56. The van der Waals surface area contributed by atoms with Gasteiger partial charge in [-0.1, -0.05) is 25.7 Å². The number of hydrogen-bond acceptors (Lipinski definition) is 2. The lowest BCUT2D eigenvalue weighted by Crippen LogP contribution is -2.55. The average Bonchev–Trinajstić information content (AvgIpc) is 1.81. The highest BCUT2D eigenvalue weighted by atomic mass is 28.3. The van der Waals surface area contributed by atoms with Gasteiger partial charge in [-0.2, -0.15) is 0 Å². The van der Waals surface area contributed by atoms with E-state index in [1.807, 2.05) is 0 Å². The molecule has 0 aliphatic heterocycles. The predicted octanol–water partition coefficient (Wildman–Crippen LogP) is 1.42. The van der Waals surface area contributed by atoms with E-state index in [4.69, 9.17) is 10.8 Å². The summed E-state index contributed by atoms with van der Waals surface area (Å²) in [6.45, 7) is 7.34. The summed E-state index contributed by atoms with van der Waals surface area (Å²) >= 11 is 0. The van der Waals surface area contributed by atoms with E-state index in [1.54, 1.807) is 0 Å². The fraction of sp³-hybridized carbons (Fsp3) is 1.00. The molecular weight excluding hydrogens is 166 g/mol. The molecule has 0 heterocycles. The van der Waals surface area contributed by atoms with Crippen LogP contribution in [-0.2, 0) is 0 Å². The van der Waals surface area contributed by atoms with Crippen molar-refractivity contribution in [3.63, 3.8) is 0 Å². The first-order valence-electron chi connectivity index (χ1n) is 4.74. The Morgan fingerprint density at radius 1 is 1.42 bits per heavy atom. The van der Waals surface area contributed by atoms with Crippen molar-refractivity contribution in [2.45, 2.75) is 44.1 Å². The van der Waals surface area contributed by atoms with Crippen LogP contribution < -0.4 is 5.73 Å². The lowest BCUT2D eigenvalue weighted by molar-refractivity contribution is 0.0812. The Kier molecular flexibility index (Phi) is 2.66. The summed E-state index contributed by atoms with van der Waals surface area (Å²) in [6, 6.07) is 1.37. The van der Waals surface area contributed by atoms with Gasteiger partial charge in [0.25, 0.3) is 0 Å². The van der Waals surface area contributed by atoms with Gasteiger partial charge in [0, 0.05) is 13.6 Å². The molecule has 12 heavy (non-hydrogen) atoms. The molecule has 1 fully saturated rings. The normalized spacial score (nSPS) is 36.2. The minimum Gasteiger partial charge on any atom is -0.394 e. The molecule has 0 amide bonds. The summed E-state index contributed by atoms with van der Waals surface area (Å²) < 4.78 is 0. The first-order valence-corrected chi connectivity index (χ1v) is 8.45. The fourth-order valence-electron chi connectivity index (χ4n) is 2.23. The highest BCUT2D eigenvalue weighted by Gasteiger charge is 2.41. The molecule has 1 aliphatic rings. The van der Waals surface area contributed by atoms with Gasteiger partial charge >= 0.3 is 0 Å². The molecule has 2 nitrogen and oxygen atoms in total. The molecule has 3 N–H and O–H groups in total. The molecule has 1 saturated carbocycles. The maximum absolute atomic E-state index is 8.95. The van der Waals surface area contributed by atoms with Crippen LogP contribution in [0.4, 0.5) is 0 Å². The van der Waals surface area contributed by atoms with Crippen LogP contribution in [0.25, 0.3) is 0 Å². The predicted molar refractivity (Wildman–Crippen MR) is 54.9 cm³/mol. The lowest BCUT2D eigenvalue weighted by atomic mass is 9.70. The van der Waals surface area contributed by atoms with Crippen LogP contribution in [0.2, 0.25) is 25.7 Å². The van der Waals surface area contributed by atoms with Crippen molar-refractivity contribution in [1.29, 1.82) is 0 Å². The van der Waals surface area contributed by atoms with E-state index in [0.29, 0.717) is 0 Å². The van der Waals surface area contributed by atoms with E-state index < -0.39 is 8.07 Å². The number of aliphatic hydroxyl groups is 1. The largest absolute Gasteiger partial charge is 0.394 e. The van der Waals surface area contributed by atoms with E-state index >= 15 is 0 Å². The van der Waals surface area contributed by atoms with Gasteiger partial charge in [0.1, 0.15) is 0 Å².